The van der Waals surface area contributed by atoms with Gasteiger partial charge in [-0.1, -0.05) is 82.3 Å². The summed E-state index contributed by atoms with van der Waals surface area (Å²) in [6.45, 7) is 4.54. The van der Waals surface area contributed by atoms with Crippen LogP contribution in [-0.2, 0) is 4.79 Å². The second-order valence-corrected chi connectivity index (χ2v) is 8.39. The zero-order valence-electron chi connectivity index (χ0n) is 17.5. The van der Waals surface area contributed by atoms with Gasteiger partial charge in [-0.3, -0.25) is 4.79 Å². The summed E-state index contributed by atoms with van der Waals surface area (Å²) in [5.41, 5.74) is 3.85. The van der Waals surface area contributed by atoms with E-state index in [1.54, 1.807) is 0 Å². The highest BCUT2D eigenvalue weighted by Crippen LogP contribution is 2.36. The van der Waals surface area contributed by atoms with Crippen LogP contribution >= 0.6 is 0 Å². The first-order valence-electron chi connectivity index (χ1n) is 11.1. The topological polar surface area (TPSA) is 26.3 Å². The maximum atomic E-state index is 11.9. The minimum atomic E-state index is -0.130. The van der Waals surface area contributed by atoms with E-state index < -0.39 is 0 Å². The van der Waals surface area contributed by atoms with Gasteiger partial charge in [0.15, 0.2) is 0 Å². The molecule has 1 aliphatic carbocycles. The highest BCUT2D eigenvalue weighted by molar-refractivity contribution is 5.73. The van der Waals surface area contributed by atoms with Crippen molar-refractivity contribution in [3.05, 3.63) is 54.1 Å². The highest BCUT2D eigenvalue weighted by atomic mass is 16.5. The lowest BCUT2D eigenvalue weighted by molar-refractivity contribution is -0.134. The second kappa shape index (κ2) is 10.5. The average molecular weight is 379 g/mol. The zero-order chi connectivity index (χ0) is 19.8. The van der Waals surface area contributed by atoms with E-state index in [0.29, 0.717) is 12.2 Å². The van der Waals surface area contributed by atoms with Crippen molar-refractivity contribution in [2.24, 2.45) is 5.92 Å². The van der Waals surface area contributed by atoms with Crippen LogP contribution in [0.3, 0.4) is 0 Å². The summed E-state index contributed by atoms with van der Waals surface area (Å²) in [5.74, 6) is 2.12. The molecule has 0 saturated heterocycles. The summed E-state index contributed by atoms with van der Waals surface area (Å²) in [4.78, 5) is 11.9. The van der Waals surface area contributed by atoms with Crippen molar-refractivity contribution >= 4 is 5.97 Å². The van der Waals surface area contributed by atoms with E-state index in [1.807, 2.05) is 24.3 Å². The Morgan fingerprint density at radius 3 is 2.07 bits per heavy atom. The van der Waals surface area contributed by atoms with E-state index >= 15 is 0 Å². The number of carbonyl (C=O) groups excluding carboxylic acids is 1. The van der Waals surface area contributed by atoms with Crippen molar-refractivity contribution in [2.45, 2.75) is 77.6 Å². The van der Waals surface area contributed by atoms with Gasteiger partial charge in [-0.05, 0) is 59.9 Å². The van der Waals surface area contributed by atoms with Gasteiger partial charge < -0.3 is 4.74 Å². The standard InChI is InChI=1S/C26H34O2/c1-3-4-5-6-7-26(27)28-25-18-16-24(17-19-25)23-14-12-22(13-15-23)21-10-8-20(2)9-11-21/h12-21H,3-11H2,1-2H3. The summed E-state index contributed by atoms with van der Waals surface area (Å²) < 4.78 is 5.45. The van der Waals surface area contributed by atoms with Crippen LogP contribution in [0, 0.1) is 5.92 Å². The molecule has 2 nitrogen and oxygen atoms in total. The van der Waals surface area contributed by atoms with E-state index in [4.69, 9.17) is 4.74 Å². The van der Waals surface area contributed by atoms with Gasteiger partial charge in [0, 0.05) is 6.42 Å². The summed E-state index contributed by atoms with van der Waals surface area (Å²) in [7, 11) is 0. The van der Waals surface area contributed by atoms with Gasteiger partial charge in [0.1, 0.15) is 5.75 Å². The summed E-state index contributed by atoms with van der Waals surface area (Å²) in [6.07, 6.45) is 10.2. The number of rotatable bonds is 8. The Hall–Kier alpha value is -2.09. The predicted octanol–water partition coefficient (Wildman–Crippen LogP) is 7.52. The van der Waals surface area contributed by atoms with Crippen LogP contribution in [0.25, 0.3) is 11.1 Å². The van der Waals surface area contributed by atoms with Gasteiger partial charge in [-0.2, -0.15) is 0 Å². The average Bonchev–Trinajstić information content (AvgIpc) is 2.73. The fourth-order valence-corrected chi connectivity index (χ4v) is 4.14. The van der Waals surface area contributed by atoms with E-state index in [0.717, 1.165) is 30.2 Å². The molecule has 0 atom stereocenters. The van der Waals surface area contributed by atoms with Gasteiger partial charge in [0.2, 0.25) is 0 Å². The molecule has 0 spiro atoms. The molecular formula is C26H34O2. The van der Waals surface area contributed by atoms with Crippen LogP contribution < -0.4 is 4.74 Å². The molecule has 2 aromatic carbocycles. The van der Waals surface area contributed by atoms with Gasteiger partial charge >= 0.3 is 5.97 Å². The fraction of sp³-hybridized carbons (Fsp3) is 0.500. The molecule has 150 valence electrons. The molecule has 0 aliphatic heterocycles. The molecule has 28 heavy (non-hydrogen) atoms. The van der Waals surface area contributed by atoms with Crippen molar-refractivity contribution in [3.63, 3.8) is 0 Å². The van der Waals surface area contributed by atoms with Crippen LogP contribution in [0.15, 0.2) is 48.5 Å². The zero-order valence-corrected chi connectivity index (χ0v) is 17.5. The van der Waals surface area contributed by atoms with Gasteiger partial charge in [-0.15, -0.1) is 0 Å². The van der Waals surface area contributed by atoms with Crippen molar-refractivity contribution in [1.82, 2.24) is 0 Å². The van der Waals surface area contributed by atoms with E-state index in [1.165, 1.54) is 49.7 Å². The number of ether oxygens (including phenoxy) is 1. The molecule has 0 N–H and O–H groups in total. The minimum absolute atomic E-state index is 0.130. The van der Waals surface area contributed by atoms with Crippen LogP contribution in [-0.4, -0.2) is 5.97 Å². The van der Waals surface area contributed by atoms with Crippen molar-refractivity contribution < 1.29 is 9.53 Å². The Bertz CT molecular complexity index is 722. The van der Waals surface area contributed by atoms with E-state index in [2.05, 4.69) is 38.1 Å². The monoisotopic (exact) mass is 378 g/mol. The van der Waals surface area contributed by atoms with Crippen molar-refractivity contribution in [1.29, 1.82) is 0 Å². The molecule has 1 saturated carbocycles. The smallest absolute Gasteiger partial charge is 0.311 e. The predicted molar refractivity (Wildman–Crippen MR) is 117 cm³/mol. The molecule has 0 unspecified atom stereocenters. The molecule has 2 aromatic rings. The third kappa shape index (κ3) is 5.95. The third-order valence-electron chi connectivity index (χ3n) is 6.05. The largest absolute Gasteiger partial charge is 0.427 e. The molecular weight excluding hydrogens is 344 g/mol. The lowest BCUT2D eigenvalue weighted by Crippen LogP contribution is -2.10. The van der Waals surface area contributed by atoms with Crippen LogP contribution in [0.1, 0.15) is 83.1 Å². The summed E-state index contributed by atoms with van der Waals surface area (Å²) >= 11 is 0. The number of carbonyl (C=O) groups is 1. The molecule has 3 rings (SSSR count). The Morgan fingerprint density at radius 2 is 1.46 bits per heavy atom. The number of unbranched alkanes of at least 4 members (excludes halogenated alkanes) is 3. The van der Waals surface area contributed by atoms with E-state index in [-0.39, 0.29) is 5.97 Å². The molecule has 0 bridgehead atoms. The van der Waals surface area contributed by atoms with Crippen molar-refractivity contribution in [3.8, 4) is 16.9 Å². The minimum Gasteiger partial charge on any atom is -0.427 e. The summed E-state index contributed by atoms with van der Waals surface area (Å²) in [5, 5.41) is 0. The molecule has 0 amide bonds. The van der Waals surface area contributed by atoms with Gasteiger partial charge in [0.05, 0.1) is 0 Å². The molecule has 0 aromatic heterocycles. The van der Waals surface area contributed by atoms with Gasteiger partial charge in [-0.25, -0.2) is 0 Å². The Morgan fingerprint density at radius 1 is 0.857 bits per heavy atom. The van der Waals surface area contributed by atoms with Crippen LogP contribution in [0.2, 0.25) is 0 Å². The second-order valence-electron chi connectivity index (χ2n) is 8.39. The highest BCUT2D eigenvalue weighted by Gasteiger charge is 2.19. The quantitative estimate of drug-likeness (QED) is 0.270. The van der Waals surface area contributed by atoms with Crippen LogP contribution in [0.5, 0.6) is 5.75 Å². The molecule has 1 fully saturated rings. The van der Waals surface area contributed by atoms with Crippen LogP contribution in [0.4, 0.5) is 0 Å². The first kappa shape index (κ1) is 20.6. The fourth-order valence-electron chi connectivity index (χ4n) is 4.14. The third-order valence-corrected chi connectivity index (χ3v) is 6.05. The summed E-state index contributed by atoms with van der Waals surface area (Å²) in [6, 6.07) is 16.9. The van der Waals surface area contributed by atoms with Gasteiger partial charge in [0.25, 0.3) is 0 Å². The molecule has 0 radical (unpaired) electrons. The number of esters is 1. The number of benzene rings is 2. The Kier molecular flexibility index (Phi) is 7.71. The molecule has 0 heterocycles. The first-order valence-corrected chi connectivity index (χ1v) is 11.1. The Labute approximate surface area is 170 Å². The lowest BCUT2D eigenvalue weighted by atomic mass is 9.79. The SMILES string of the molecule is CCCCCCC(=O)Oc1ccc(-c2ccc(C3CCC(C)CC3)cc2)cc1. The van der Waals surface area contributed by atoms with Crippen molar-refractivity contribution in [2.75, 3.05) is 0 Å². The number of hydrogen-bond donors (Lipinski definition) is 0. The van der Waals surface area contributed by atoms with E-state index in [9.17, 15) is 4.79 Å². The molecule has 2 heteroatoms. The normalized spacial score (nSPS) is 19.4. The lowest BCUT2D eigenvalue weighted by Gasteiger charge is -2.26. The Balaban J connectivity index is 1.53. The maximum absolute atomic E-state index is 11.9. The molecule has 1 aliphatic rings. The number of hydrogen-bond acceptors (Lipinski definition) is 2. The maximum Gasteiger partial charge on any atom is 0.311 e. The first-order chi connectivity index (χ1) is 13.7.